The second kappa shape index (κ2) is 8.99. The van der Waals surface area contributed by atoms with E-state index in [4.69, 9.17) is 14.2 Å². The zero-order chi connectivity index (χ0) is 16.7. The number of aryl methyl sites for hydroxylation is 1. The Balaban J connectivity index is 1.81. The van der Waals surface area contributed by atoms with Crippen molar-refractivity contribution in [1.82, 2.24) is 0 Å². The van der Waals surface area contributed by atoms with E-state index in [0.29, 0.717) is 0 Å². The fourth-order valence-corrected chi connectivity index (χ4v) is 2.45. The first-order valence-electron chi connectivity index (χ1n) is 8.37. The van der Waals surface area contributed by atoms with E-state index in [1.165, 1.54) is 12.1 Å². The van der Waals surface area contributed by atoms with Crippen LogP contribution < -0.4 is 4.74 Å². The van der Waals surface area contributed by atoms with Crippen molar-refractivity contribution >= 4 is 5.97 Å². The molecule has 1 saturated heterocycles. The number of benzene rings is 1. The molecule has 1 aliphatic heterocycles. The largest absolute Gasteiger partial charge is 0.423 e. The Kier molecular flexibility index (Phi) is 6.99. The maximum absolute atomic E-state index is 13.9. The average Bonchev–Trinajstić information content (AvgIpc) is 2.57. The van der Waals surface area contributed by atoms with Gasteiger partial charge in [-0.1, -0.05) is 32.8 Å². The molecule has 0 saturated carbocycles. The van der Waals surface area contributed by atoms with E-state index in [-0.39, 0.29) is 25.3 Å². The maximum atomic E-state index is 13.9. The SMILES string of the molecule is CCCCCC1OCC(C(=O)Oc2ccc(CC)cc2F)CO1. The Morgan fingerprint density at radius 2 is 2.00 bits per heavy atom. The van der Waals surface area contributed by atoms with Gasteiger partial charge >= 0.3 is 5.97 Å². The smallest absolute Gasteiger partial charge is 0.319 e. The molecule has 0 spiro atoms. The molecule has 128 valence electrons. The first-order chi connectivity index (χ1) is 11.1. The molecule has 0 radical (unpaired) electrons. The predicted molar refractivity (Wildman–Crippen MR) is 84.7 cm³/mol. The predicted octanol–water partition coefficient (Wildman–Crippen LogP) is 3.86. The summed E-state index contributed by atoms with van der Waals surface area (Å²) in [6.45, 7) is 4.59. The van der Waals surface area contributed by atoms with Gasteiger partial charge in [-0.15, -0.1) is 0 Å². The van der Waals surface area contributed by atoms with E-state index in [9.17, 15) is 9.18 Å². The van der Waals surface area contributed by atoms with Crippen LogP contribution in [0.2, 0.25) is 0 Å². The first-order valence-corrected chi connectivity index (χ1v) is 8.37. The van der Waals surface area contributed by atoms with E-state index < -0.39 is 17.7 Å². The van der Waals surface area contributed by atoms with Crippen molar-refractivity contribution in [2.24, 2.45) is 5.92 Å². The third-order valence-electron chi connectivity index (χ3n) is 3.96. The minimum Gasteiger partial charge on any atom is -0.423 e. The second-order valence-electron chi connectivity index (χ2n) is 5.83. The molecule has 1 fully saturated rings. The third-order valence-corrected chi connectivity index (χ3v) is 3.96. The van der Waals surface area contributed by atoms with Gasteiger partial charge in [-0.25, -0.2) is 4.39 Å². The molecular formula is C18H25FO4. The summed E-state index contributed by atoms with van der Waals surface area (Å²) in [6.07, 6.45) is 4.65. The molecule has 0 unspecified atom stereocenters. The van der Waals surface area contributed by atoms with Crippen LogP contribution in [0.15, 0.2) is 18.2 Å². The summed E-state index contributed by atoms with van der Waals surface area (Å²) in [5, 5.41) is 0. The third kappa shape index (κ3) is 5.29. The Labute approximate surface area is 136 Å². The highest BCUT2D eigenvalue weighted by molar-refractivity contribution is 5.75. The highest BCUT2D eigenvalue weighted by Gasteiger charge is 2.29. The maximum Gasteiger partial charge on any atom is 0.319 e. The molecule has 0 aromatic heterocycles. The number of unbranched alkanes of at least 4 members (excludes halogenated alkanes) is 2. The Morgan fingerprint density at radius 1 is 1.26 bits per heavy atom. The van der Waals surface area contributed by atoms with Crippen molar-refractivity contribution < 1.29 is 23.4 Å². The minimum atomic E-state index is -0.521. The van der Waals surface area contributed by atoms with Gasteiger partial charge in [-0.05, 0) is 37.0 Å². The van der Waals surface area contributed by atoms with Gasteiger partial charge in [0.25, 0.3) is 0 Å². The molecule has 0 amide bonds. The van der Waals surface area contributed by atoms with E-state index in [0.717, 1.165) is 37.7 Å². The summed E-state index contributed by atoms with van der Waals surface area (Å²) in [5.74, 6) is -1.59. The standard InChI is InChI=1S/C18H25FO4/c1-3-5-6-7-17-21-11-14(12-22-17)18(20)23-16-9-8-13(4-2)10-15(16)19/h8-10,14,17H,3-7,11-12H2,1-2H3. The molecular weight excluding hydrogens is 299 g/mol. The molecule has 5 heteroatoms. The molecule has 0 N–H and O–H groups in total. The summed E-state index contributed by atoms with van der Waals surface area (Å²) in [6, 6.07) is 4.63. The van der Waals surface area contributed by atoms with Crippen LogP contribution in [-0.4, -0.2) is 25.5 Å². The molecule has 1 aromatic rings. The summed E-state index contributed by atoms with van der Waals surface area (Å²) >= 11 is 0. The highest BCUT2D eigenvalue weighted by Crippen LogP contribution is 2.22. The summed E-state index contributed by atoms with van der Waals surface area (Å²) in [5.41, 5.74) is 0.863. The lowest BCUT2D eigenvalue weighted by Gasteiger charge is -2.28. The topological polar surface area (TPSA) is 44.8 Å². The number of rotatable bonds is 7. The Bertz CT molecular complexity index is 510. The second-order valence-corrected chi connectivity index (χ2v) is 5.83. The van der Waals surface area contributed by atoms with Crippen molar-refractivity contribution in [3.63, 3.8) is 0 Å². The fourth-order valence-electron chi connectivity index (χ4n) is 2.45. The number of esters is 1. The van der Waals surface area contributed by atoms with Gasteiger partial charge in [-0.2, -0.15) is 0 Å². The first kappa shape index (κ1) is 17.9. The van der Waals surface area contributed by atoms with E-state index >= 15 is 0 Å². The molecule has 1 aromatic carbocycles. The lowest BCUT2D eigenvalue weighted by Crippen LogP contribution is -2.38. The normalized spacial score (nSPS) is 21.2. The molecule has 23 heavy (non-hydrogen) atoms. The molecule has 1 heterocycles. The van der Waals surface area contributed by atoms with Gasteiger partial charge < -0.3 is 14.2 Å². The van der Waals surface area contributed by atoms with Crippen molar-refractivity contribution in [3.8, 4) is 5.75 Å². The van der Waals surface area contributed by atoms with E-state index in [1.807, 2.05) is 6.92 Å². The van der Waals surface area contributed by atoms with E-state index in [1.54, 1.807) is 6.07 Å². The van der Waals surface area contributed by atoms with Crippen LogP contribution in [0.1, 0.15) is 45.1 Å². The van der Waals surface area contributed by atoms with Crippen molar-refractivity contribution in [3.05, 3.63) is 29.6 Å². The van der Waals surface area contributed by atoms with Crippen LogP contribution in [0.4, 0.5) is 4.39 Å². The number of carbonyl (C=O) groups excluding carboxylic acids is 1. The van der Waals surface area contributed by atoms with Crippen LogP contribution in [-0.2, 0) is 20.7 Å². The molecule has 2 rings (SSSR count). The number of hydrogen-bond acceptors (Lipinski definition) is 4. The number of ether oxygens (including phenoxy) is 3. The van der Waals surface area contributed by atoms with E-state index in [2.05, 4.69) is 6.92 Å². The summed E-state index contributed by atoms with van der Waals surface area (Å²) in [7, 11) is 0. The van der Waals surface area contributed by atoms with Gasteiger partial charge in [0.05, 0.1) is 13.2 Å². The Hall–Kier alpha value is -1.46. The van der Waals surface area contributed by atoms with Gasteiger partial charge in [0, 0.05) is 0 Å². The molecule has 1 aliphatic rings. The molecule has 0 atom stereocenters. The lowest BCUT2D eigenvalue weighted by atomic mass is 10.1. The van der Waals surface area contributed by atoms with Crippen molar-refractivity contribution in [1.29, 1.82) is 0 Å². The van der Waals surface area contributed by atoms with Crippen LogP contribution in [0, 0.1) is 11.7 Å². The van der Waals surface area contributed by atoms with Gasteiger partial charge in [0.1, 0.15) is 5.92 Å². The van der Waals surface area contributed by atoms with Crippen LogP contribution >= 0.6 is 0 Å². The molecule has 4 nitrogen and oxygen atoms in total. The van der Waals surface area contributed by atoms with Crippen LogP contribution in [0.5, 0.6) is 5.75 Å². The van der Waals surface area contributed by atoms with Crippen LogP contribution in [0.25, 0.3) is 0 Å². The molecule has 0 bridgehead atoms. The number of carbonyl (C=O) groups is 1. The minimum absolute atomic E-state index is 0.0442. The van der Waals surface area contributed by atoms with Gasteiger partial charge in [0.2, 0.25) is 0 Å². The quantitative estimate of drug-likeness (QED) is 0.434. The lowest BCUT2D eigenvalue weighted by molar-refractivity contribution is -0.208. The highest BCUT2D eigenvalue weighted by atomic mass is 19.1. The van der Waals surface area contributed by atoms with Crippen molar-refractivity contribution in [2.75, 3.05) is 13.2 Å². The van der Waals surface area contributed by atoms with Crippen LogP contribution in [0.3, 0.4) is 0 Å². The average molecular weight is 324 g/mol. The number of halogens is 1. The van der Waals surface area contributed by atoms with Crippen molar-refractivity contribution in [2.45, 2.75) is 52.2 Å². The summed E-state index contributed by atoms with van der Waals surface area (Å²) < 4.78 is 30.1. The zero-order valence-electron chi connectivity index (χ0n) is 13.8. The monoisotopic (exact) mass is 324 g/mol. The Morgan fingerprint density at radius 3 is 2.61 bits per heavy atom. The summed E-state index contributed by atoms with van der Waals surface area (Å²) in [4.78, 5) is 12.1. The van der Waals surface area contributed by atoms with Gasteiger partial charge in [0.15, 0.2) is 17.9 Å². The molecule has 0 aliphatic carbocycles. The zero-order valence-corrected chi connectivity index (χ0v) is 13.8. The number of hydrogen-bond donors (Lipinski definition) is 0. The van der Waals surface area contributed by atoms with Gasteiger partial charge in [-0.3, -0.25) is 4.79 Å². The fraction of sp³-hybridized carbons (Fsp3) is 0.611.